The fourth-order valence-corrected chi connectivity index (χ4v) is 3.61. The van der Waals surface area contributed by atoms with Crippen LogP contribution in [0.1, 0.15) is 6.42 Å². The van der Waals surface area contributed by atoms with Crippen molar-refractivity contribution in [2.75, 3.05) is 6.54 Å². The Morgan fingerprint density at radius 1 is 1.32 bits per heavy atom. The summed E-state index contributed by atoms with van der Waals surface area (Å²) in [6.45, 7) is 0.224. The minimum absolute atomic E-state index is 0. The Labute approximate surface area is 149 Å². The third kappa shape index (κ3) is 2.86. The van der Waals surface area contributed by atoms with Crippen LogP contribution in [0.25, 0.3) is 0 Å². The van der Waals surface area contributed by atoms with Gasteiger partial charge in [0.2, 0.25) is 0 Å². The quantitative estimate of drug-likeness (QED) is 0.195. The van der Waals surface area contributed by atoms with Gasteiger partial charge in [-0.1, -0.05) is 18.2 Å². The maximum absolute atomic E-state index is 12.1. The second-order valence-corrected chi connectivity index (χ2v) is 6.13. The molecule has 1 aromatic carbocycles. The van der Waals surface area contributed by atoms with E-state index in [0.29, 0.717) is 16.4 Å². The Balaban J connectivity index is 0.00000176. The van der Waals surface area contributed by atoms with Crippen LogP contribution in [0, 0.1) is 0 Å². The number of benzene rings is 1. The van der Waals surface area contributed by atoms with Crippen LogP contribution in [0.3, 0.4) is 0 Å². The van der Waals surface area contributed by atoms with Crippen LogP contribution in [0.2, 0.25) is 0 Å². The second-order valence-electron chi connectivity index (χ2n) is 4.84. The molecule has 0 spiro atoms. The fourth-order valence-electron chi connectivity index (χ4n) is 2.71. The molecule has 0 bridgehead atoms. The number of rotatable bonds is 2. The largest absolute Gasteiger partial charge is 1.00 e. The molecular formula is C12H12N3NaO5S. The van der Waals surface area contributed by atoms with Crippen molar-refractivity contribution in [3.63, 3.8) is 0 Å². The van der Waals surface area contributed by atoms with Crippen LogP contribution < -0.4 is 34.7 Å². The number of hydrogen-bond acceptors (Lipinski definition) is 5. The number of carbonyl (C=O) groups is 1. The number of likely N-dealkylation sites (tertiary alicyclic amines) is 1. The minimum Gasteiger partial charge on any atom is -0.846 e. The van der Waals surface area contributed by atoms with E-state index in [2.05, 4.69) is 4.99 Å². The molecule has 10 heteroatoms. The average Bonchev–Trinajstić information content (AvgIpc) is 2.77. The Bertz CT molecular complexity index is 709. The monoisotopic (exact) mass is 333 g/mol. The van der Waals surface area contributed by atoms with Crippen molar-refractivity contribution in [2.24, 2.45) is 4.99 Å². The van der Waals surface area contributed by atoms with Crippen LogP contribution >= 0.6 is 0 Å². The normalized spacial score (nSPS) is 24.6. The molecule has 0 radical (unpaired) electrons. The number of nitrogens with zero attached hydrogens (tertiary/aromatic N) is 3. The number of amides is 1. The van der Waals surface area contributed by atoms with Gasteiger partial charge < -0.3 is 10.0 Å². The number of para-hydroxylation sites is 1. The van der Waals surface area contributed by atoms with Crippen molar-refractivity contribution in [3.05, 3.63) is 30.3 Å². The fraction of sp³-hybridized carbons (Fsp3) is 0.333. The summed E-state index contributed by atoms with van der Waals surface area (Å²) in [4.78, 5) is 16.9. The summed E-state index contributed by atoms with van der Waals surface area (Å²) in [7, 11) is -4.56. The number of aliphatic imine (C=N–C) groups is 1. The van der Waals surface area contributed by atoms with Gasteiger partial charge in [-0.3, -0.25) is 9.35 Å². The van der Waals surface area contributed by atoms with Crippen molar-refractivity contribution < 1.29 is 52.4 Å². The van der Waals surface area contributed by atoms with Crippen LogP contribution in [0.5, 0.6) is 0 Å². The first-order chi connectivity index (χ1) is 9.89. The molecule has 1 amide bonds. The first-order valence-corrected chi connectivity index (χ1v) is 7.67. The molecule has 0 aromatic heterocycles. The molecule has 8 nitrogen and oxygen atoms in total. The summed E-state index contributed by atoms with van der Waals surface area (Å²) < 4.78 is 31.5. The van der Waals surface area contributed by atoms with Gasteiger partial charge >= 0.3 is 39.9 Å². The molecule has 1 N–H and O–H groups in total. The van der Waals surface area contributed by atoms with Crippen LogP contribution in [0.4, 0.5) is 5.69 Å². The maximum Gasteiger partial charge on any atom is 1.00 e. The molecule has 3 rings (SSSR count). The summed E-state index contributed by atoms with van der Waals surface area (Å²) in [6, 6.07) is 6.42. The summed E-state index contributed by atoms with van der Waals surface area (Å²) in [5.74, 6) is -0.795. The van der Waals surface area contributed by atoms with Gasteiger partial charge in [-0.15, -0.1) is 0 Å². The molecule has 0 unspecified atom stereocenters. The van der Waals surface area contributed by atoms with Crippen molar-refractivity contribution >= 4 is 27.9 Å². The van der Waals surface area contributed by atoms with Gasteiger partial charge in [0.25, 0.3) is 5.91 Å². The topological polar surface area (TPSA) is 113 Å². The molecular weight excluding hydrogens is 321 g/mol. The van der Waals surface area contributed by atoms with Gasteiger partial charge in [0, 0.05) is 6.54 Å². The van der Waals surface area contributed by atoms with Gasteiger partial charge in [-0.25, -0.2) is 9.30 Å². The van der Waals surface area contributed by atoms with Crippen LogP contribution in [0.15, 0.2) is 35.3 Å². The average molecular weight is 333 g/mol. The van der Waals surface area contributed by atoms with Crippen molar-refractivity contribution in [1.82, 2.24) is 9.21 Å². The zero-order chi connectivity index (χ0) is 15.2. The van der Waals surface area contributed by atoms with E-state index < -0.39 is 34.3 Å². The predicted molar refractivity (Wildman–Crippen MR) is 70.8 cm³/mol. The van der Waals surface area contributed by atoms with Gasteiger partial charge in [0.05, 0.1) is 17.8 Å². The maximum atomic E-state index is 12.1. The molecule has 2 atom stereocenters. The second kappa shape index (κ2) is 6.17. The molecule has 2 fully saturated rings. The van der Waals surface area contributed by atoms with E-state index in [4.69, 9.17) is 4.55 Å². The van der Waals surface area contributed by atoms with Crippen molar-refractivity contribution in [1.29, 1.82) is 0 Å². The van der Waals surface area contributed by atoms with Crippen molar-refractivity contribution in [3.8, 4) is 0 Å². The first-order valence-electron chi connectivity index (χ1n) is 6.27. The Morgan fingerprint density at radius 2 is 1.95 bits per heavy atom. The number of β-lactam (4-membered cyclic amide) rings is 1. The summed E-state index contributed by atoms with van der Waals surface area (Å²) in [5.41, 5.74) is 0.462. The molecule has 0 saturated carbocycles. The number of carbonyl (C=O) groups excluding carboxylic acids is 1. The van der Waals surface area contributed by atoms with E-state index in [1.165, 1.54) is 4.90 Å². The minimum atomic E-state index is -4.56. The SMILES string of the molecule is O=C1[C@@H]2[C@@H](CCN2C([O-])=Nc2ccccc2)N1S(=O)(=O)O.[Na+]. The smallest absolute Gasteiger partial charge is 0.846 e. The van der Waals surface area contributed by atoms with Gasteiger partial charge in [-0.2, -0.15) is 8.42 Å². The zero-order valence-electron chi connectivity index (χ0n) is 11.8. The summed E-state index contributed by atoms with van der Waals surface area (Å²) in [6.07, 6.45) is 0.298. The first kappa shape index (κ1) is 17.2. The summed E-state index contributed by atoms with van der Waals surface area (Å²) >= 11 is 0. The van der Waals surface area contributed by atoms with Gasteiger partial charge in [-0.05, 0) is 18.6 Å². The van der Waals surface area contributed by atoms with Crippen LogP contribution in [-0.2, 0) is 15.1 Å². The molecule has 22 heavy (non-hydrogen) atoms. The molecule has 2 saturated heterocycles. The zero-order valence-corrected chi connectivity index (χ0v) is 14.6. The van der Waals surface area contributed by atoms with E-state index in [-0.39, 0.29) is 36.1 Å². The van der Waals surface area contributed by atoms with Gasteiger partial charge in [0.15, 0.2) is 0 Å². The third-order valence-corrected chi connectivity index (χ3v) is 4.56. The molecule has 112 valence electrons. The van der Waals surface area contributed by atoms with E-state index in [1.807, 2.05) is 0 Å². The van der Waals surface area contributed by atoms with E-state index in [0.717, 1.165) is 0 Å². The Hall–Kier alpha value is -1.13. The third-order valence-electron chi connectivity index (χ3n) is 3.61. The molecule has 2 heterocycles. The van der Waals surface area contributed by atoms with Crippen LogP contribution in [-0.4, -0.2) is 52.7 Å². The molecule has 2 aliphatic heterocycles. The van der Waals surface area contributed by atoms with E-state index >= 15 is 0 Å². The van der Waals surface area contributed by atoms with Crippen molar-refractivity contribution in [2.45, 2.75) is 18.5 Å². The van der Waals surface area contributed by atoms with E-state index in [1.54, 1.807) is 30.3 Å². The number of hydrogen-bond donors (Lipinski definition) is 1. The Morgan fingerprint density at radius 3 is 2.55 bits per heavy atom. The van der Waals surface area contributed by atoms with E-state index in [9.17, 15) is 18.3 Å². The summed E-state index contributed by atoms with van der Waals surface area (Å²) in [5, 5.41) is 12.1. The molecule has 0 aliphatic carbocycles. The predicted octanol–water partition coefficient (Wildman–Crippen LogP) is -3.87. The Kier molecular flexibility index (Phi) is 4.83. The molecule has 2 aliphatic rings. The van der Waals surface area contributed by atoms with Gasteiger partial charge in [0.1, 0.15) is 6.04 Å². The number of fused-ring (bicyclic) bond motifs is 1. The standard InChI is InChI=1S/C12H13N3O5S.Na/c16-11-10-9(15(11)21(18,19)20)6-7-14(10)12(17)13-8-4-2-1-3-5-8;/h1-5,9-10H,6-7H2,(H,13,17)(H,18,19,20);/q;+1/p-1/t9-,10+;/m1./s1. The number of amidine groups is 1. The molecule has 1 aromatic rings.